The first kappa shape index (κ1) is 37.9. The molecule has 0 saturated heterocycles. The number of unbranched alkanes of at least 4 members (excludes halogenated alkanes) is 15. The third-order valence-corrected chi connectivity index (χ3v) is 8.24. The van der Waals surface area contributed by atoms with E-state index in [9.17, 15) is 18.8 Å². The number of phosphoric ester groups is 1. The molecule has 238 valence electrons. The summed E-state index contributed by atoms with van der Waals surface area (Å²) in [4.78, 5) is 38.7. The van der Waals surface area contributed by atoms with Crippen molar-refractivity contribution in [3.05, 3.63) is 35.9 Å². The van der Waals surface area contributed by atoms with Crippen LogP contribution in [0.2, 0.25) is 0 Å². The van der Waals surface area contributed by atoms with Gasteiger partial charge in [0.25, 0.3) is 0 Å². The average Bonchev–Trinajstić information content (AvgIpc) is 2.93. The minimum atomic E-state index is -5.29. The van der Waals surface area contributed by atoms with E-state index in [1.54, 1.807) is 0 Å². The van der Waals surface area contributed by atoms with Crippen LogP contribution in [0.3, 0.4) is 0 Å². The maximum absolute atomic E-state index is 12.0. The van der Waals surface area contributed by atoms with E-state index in [1.165, 1.54) is 83.5 Å². The summed E-state index contributed by atoms with van der Waals surface area (Å²) in [6.07, 6.45) is 19.7. The van der Waals surface area contributed by atoms with E-state index in [1.807, 2.05) is 30.3 Å². The number of benzene rings is 1. The second-order valence-corrected chi connectivity index (χ2v) is 13.3. The number of phosphoric acid groups is 1. The number of ether oxygens (including phenoxy) is 2. The lowest BCUT2D eigenvalue weighted by Crippen LogP contribution is -2.26. The maximum atomic E-state index is 12.0. The summed E-state index contributed by atoms with van der Waals surface area (Å²) < 4.78 is 42.7. The normalized spacial score (nSPS) is 14.0. The molecule has 41 heavy (non-hydrogen) atoms. The van der Waals surface area contributed by atoms with Crippen LogP contribution in [0.25, 0.3) is 0 Å². The van der Waals surface area contributed by atoms with E-state index >= 15 is 0 Å². The summed E-state index contributed by atoms with van der Waals surface area (Å²) >= 11 is 0. The topological polar surface area (TPSA) is 149 Å². The third kappa shape index (κ3) is 22.2. The van der Waals surface area contributed by atoms with Crippen LogP contribution in [-0.4, -0.2) is 46.3 Å². The molecular formula is C29H52O10P2. The van der Waals surface area contributed by atoms with Crippen molar-refractivity contribution in [2.45, 2.75) is 122 Å². The van der Waals surface area contributed by atoms with Crippen LogP contribution in [0.15, 0.2) is 30.3 Å². The zero-order chi connectivity index (χ0) is 30.2. The first-order valence-corrected chi connectivity index (χ1v) is 18.2. The van der Waals surface area contributed by atoms with Gasteiger partial charge in [-0.25, -0.2) is 13.9 Å². The highest BCUT2D eigenvalue weighted by Crippen LogP contribution is 2.50. The van der Waals surface area contributed by atoms with Crippen LogP contribution < -0.4 is 0 Å². The fourth-order valence-electron chi connectivity index (χ4n) is 4.29. The van der Waals surface area contributed by atoms with Crippen molar-refractivity contribution in [2.75, 3.05) is 19.8 Å². The first-order chi connectivity index (χ1) is 19.6. The molecule has 12 heteroatoms. The van der Waals surface area contributed by atoms with Gasteiger partial charge in [-0.1, -0.05) is 134 Å². The SMILES string of the molecule is CCCCCCCCCCCCCCCCCCOC[C@H](COP(=O)(O)C(=O)OP(=O)(O)O)OCc1ccccc1. The lowest BCUT2D eigenvalue weighted by Gasteiger charge is -2.20. The second-order valence-electron chi connectivity index (χ2n) is 10.5. The Bertz CT molecular complexity index is 878. The molecule has 1 aromatic carbocycles. The molecule has 1 rings (SSSR count). The van der Waals surface area contributed by atoms with E-state index in [0.29, 0.717) is 6.61 Å². The maximum Gasteiger partial charge on any atom is 0.527 e. The Morgan fingerprint density at radius 3 is 1.71 bits per heavy atom. The predicted molar refractivity (Wildman–Crippen MR) is 160 cm³/mol. The van der Waals surface area contributed by atoms with Crippen LogP contribution in [-0.2, 0) is 34.3 Å². The molecule has 0 radical (unpaired) electrons. The fraction of sp³-hybridized carbons (Fsp3) is 0.759. The molecule has 2 atom stereocenters. The van der Waals surface area contributed by atoms with E-state index in [2.05, 4.69) is 11.4 Å². The minimum Gasteiger partial charge on any atom is -0.379 e. The van der Waals surface area contributed by atoms with Crippen molar-refractivity contribution in [1.29, 1.82) is 0 Å². The molecule has 1 aromatic rings. The molecule has 0 amide bonds. The van der Waals surface area contributed by atoms with Gasteiger partial charge >= 0.3 is 21.1 Å². The molecule has 0 spiro atoms. The van der Waals surface area contributed by atoms with Gasteiger partial charge in [0.15, 0.2) is 0 Å². The first-order valence-electron chi connectivity index (χ1n) is 15.1. The second kappa shape index (κ2) is 23.4. The van der Waals surface area contributed by atoms with Crippen molar-refractivity contribution < 1.29 is 47.1 Å². The molecular weight excluding hydrogens is 570 g/mol. The van der Waals surface area contributed by atoms with Crippen molar-refractivity contribution in [3.8, 4) is 0 Å². The molecule has 0 saturated carbocycles. The Labute approximate surface area is 246 Å². The van der Waals surface area contributed by atoms with Crippen molar-refractivity contribution in [1.82, 2.24) is 0 Å². The van der Waals surface area contributed by atoms with Crippen molar-refractivity contribution in [2.24, 2.45) is 0 Å². The molecule has 0 aromatic heterocycles. The van der Waals surface area contributed by atoms with Gasteiger partial charge in [0.1, 0.15) is 6.10 Å². The summed E-state index contributed by atoms with van der Waals surface area (Å²) in [7, 11) is -10.4. The van der Waals surface area contributed by atoms with Crippen LogP contribution in [0.5, 0.6) is 0 Å². The van der Waals surface area contributed by atoms with E-state index < -0.39 is 33.8 Å². The number of hydrogen-bond acceptors (Lipinski definition) is 7. The van der Waals surface area contributed by atoms with Crippen molar-refractivity contribution >= 4 is 21.1 Å². The fourth-order valence-corrected chi connectivity index (χ4v) is 5.70. The summed E-state index contributed by atoms with van der Waals surface area (Å²) in [5, 5.41) is 0. The van der Waals surface area contributed by atoms with Gasteiger partial charge in [0, 0.05) is 6.61 Å². The van der Waals surface area contributed by atoms with Crippen LogP contribution in [0.1, 0.15) is 115 Å². The zero-order valence-corrected chi connectivity index (χ0v) is 26.5. The largest absolute Gasteiger partial charge is 0.527 e. The summed E-state index contributed by atoms with van der Waals surface area (Å²) in [5.74, 6) is 0. The molecule has 0 aliphatic carbocycles. The van der Waals surface area contributed by atoms with Gasteiger partial charge in [0.2, 0.25) is 0 Å². The number of rotatable bonds is 27. The Morgan fingerprint density at radius 2 is 1.22 bits per heavy atom. The van der Waals surface area contributed by atoms with Crippen molar-refractivity contribution in [3.63, 3.8) is 0 Å². The minimum absolute atomic E-state index is 0.0547. The van der Waals surface area contributed by atoms with Gasteiger partial charge in [-0.15, -0.1) is 0 Å². The van der Waals surface area contributed by atoms with Crippen LogP contribution >= 0.6 is 15.4 Å². The summed E-state index contributed by atoms with van der Waals surface area (Å²) in [6.45, 7) is 2.47. The van der Waals surface area contributed by atoms with Gasteiger partial charge in [-0.05, 0) is 12.0 Å². The van der Waals surface area contributed by atoms with E-state index in [-0.39, 0.29) is 13.2 Å². The molecule has 0 aliphatic rings. The number of hydrogen-bond donors (Lipinski definition) is 3. The molecule has 1 unspecified atom stereocenters. The smallest absolute Gasteiger partial charge is 0.379 e. The molecule has 0 bridgehead atoms. The molecule has 0 fully saturated rings. The van der Waals surface area contributed by atoms with Gasteiger partial charge in [-0.3, -0.25) is 14.3 Å². The lowest BCUT2D eigenvalue weighted by molar-refractivity contribution is -0.0466. The summed E-state index contributed by atoms with van der Waals surface area (Å²) in [5.41, 5.74) is -1.16. The highest BCUT2D eigenvalue weighted by molar-refractivity contribution is 7.71. The monoisotopic (exact) mass is 622 g/mol. The zero-order valence-electron chi connectivity index (χ0n) is 24.7. The standard InChI is InChI=1S/C29H52O10P2/c1-2-3-4-5-6-7-8-9-10-11-12-13-14-15-16-20-23-36-25-28(37-24-27-21-18-17-19-22-27)26-38-40(31,32)29(30)39-41(33,34)35/h17-19,21-22,28H,2-16,20,23-26H2,1H3,(H,31,32)(H2,33,34,35)/t28-/m1/s1. The molecule has 10 nitrogen and oxygen atoms in total. The van der Waals surface area contributed by atoms with Gasteiger partial charge in [0.05, 0.1) is 19.8 Å². The quantitative estimate of drug-likeness (QED) is 0.0646. The molecule has 3 N–H and O–H groups in total. The van der Waals surface area contributed by atoms with Gasteiger partial charge < -0.3 is 18.9 Å². The Morgan fingerprint density at radius 1 is 0.732 bits per heavy atom. The van der Waals surface area contributed by atoms with E-state index in [4.69, 9.17) is 23.8 Å². The third-order valence-electron chi connectivity index (χ3n) is 6.64. The predicted octanol–water partition coefficient (Wildman–Crippen LogP) is 8.28. The highest BCUT2D eigenvalue weighted by atomic mass is 31.2. The summed E-state index contributed by atoms with van der Waals surface area (Å²) in [6, 6.07) is 9.25. The lowest BCUT2D eigenvalue weighted by atomic mass is 10.0. The number of carbonyl (C=O) groups is 1. The average molecular weight is 623 g/mol. The van der Waals surface area contributed by atoms with Gasteiger partial charge in [-0.2, -0.15) is 0 Å². The van der Waals surface area contributed by atoms with E-state index in [0.717, 1.165) is 24.8 Å². The highest BCUT2D eigenvalue weighted by Gasteiger charge is 2.38. The molecule has 0 heterocycles. The Hall–Kier alpha value is -1.09. The molecule has 0 aliphatic heterocycles. The van der Waals surface area contributed by atoms with Crippen LogP contribution in [0, 0.1) is 0 Å². The Kier molecular flexibility index (Phi) is 21.6. The van der Waals surface area contributed by atoms with Crippen LogP contribution in [0.4, 0.5) is 4.79 Å². The Balaban J connectivity index is 2.19. The number of carbonyl (C=O) groups excluding carboxylic acids is 1.